The molecule has 90 valence electrons. The lowest BCUT2D eigenvalue weighted by molar-refractivity contribution is 0.414. The molecule has 1 unspecified atom stereocenters. The number of rotatable bonds is 4. The van der Waals surface area contributed by atoms with Crippen molar-refractivity contribution in [3.63, 3.8) is 0 Å². The van der Waals surface area contributed by atoms with Gasteiger partial charge in [-0.15, -0.1) is 0 Å². The third-order valence-corrected chi connectivity index (χ3v) is 2.84. The summed E-state index contributed by atoms with van der Waals surface area (Å²) in [5.74, 6) is 0.980. The molecule has 4 heteroatoms. The van der Waals surface area contributed by atoms with Gasteiger partial charge in [-0.3, -0.25) is 5.10 Å². The molecule has 3 N–H and O–H groups in total. The van der Waals surface area contributed by atoms with Crippen LogP contribution in [-0.2, 0) is 0 Å². The summed E-state index contributed by atoms with van der Waals surface area (Å²) in [5, 5.41) is 7.22. The molecule has 0 aliphatic rings. The van der Waals surface area contributed by atoms with Crippen LogP contribution in [0.4, 0.5) is 0 Å². The number of H-pyrrole nitrogens is 1. The number of aromatic amines is 1. The largest absolute Gasteiger partial charge is 0.497 e. The van der Waals surface area contributed by atoms with Gasteiger partial charge in [-0.25, -0.2) is 0 Å². The van der Waals surface area contributed by atoms with E-state index < -0.39 is 0 Å². The number of nitrogens with zero attached hydrogens (tertiary/aromatic N) is 1. The fourth-order valence-electron chi connectivity index (χ4n) is 1.88. The van der Waals surface area contributed by atoms with E-state index in [9.17, 15) is 0 Å². The lowest BCUT2D eigenvalue weighted by Crippen LogP contribution is -2.14. The maximum atomic E-state index is 5.83. The number of methoxy groups -OCH3 is 1. The first-order valence-electron chi connectivity index (χ1n) is 5.60. The second-order valence-electron chi connectivity index (χ2n) is 4.04. The van der Waals surface area contributed by atoms with Crippen LogP contribution >= 0.6 is 0 Å². The molecule has 17 heavy (non-hydrogen) atoms. The topological polar surface area (TPSA) is 63.9 Å². The first-order chi connectivity index (χ1) is 8.24. The Kier molecular flexibility index (Phi) is 3.44. The fourth-order valence-corrected chi connectivity index (χ4v) is 1.88. The van der Waals surface area contributed by atoms with Gasteiger partial charge in [-0.05, 0) is 30.7 Å². The van der Waals surface area contributed by atoms with Gasteiger partial charge in [0.05, 0.1) is 12.8 Å². The van der Waals surface area contributed by atoms with Crippen molar-refractivity contribution in [1.29, 1.82) is 0 Å². The molecule has 2 aromatic rings. The molecule has 0 bridgehead atoms. The fraction of sp³-hybridized carbons (Fsp3) is 0.308. The summed E-state index contributed by atoms with van der Waals surface area (Å²) in [6, 6.07) is 9.97. The van der Waals surface area contributed by atoms with E-state index in [0.29, 0.717) is 6.54 Å². The van der Waals surface area contributed by atoms with Crippen molar-refractivity contribution in [1.82, 2.24) is 10.2 Å². The monoisotopic (exact) mass is 231 g/mol. The third-order valence-electron chi connectivity index (χ3n) is 2.84. The van der Waals surface area contributed by atoms with Crippen LogP contribution in [0.5, 0.6) is 5.75 Å². The number of aromatic nitrogens is 2. The van der Waals surface area contributed by atoms with Crippen molar-refractivity contribution >= 4 is 0 Å². The minimum atomic E-state index is 0.130. The Hall–Kier alpha value is -1.81. The molecule has 1 aromatic heterocycles. The zero-order valence-electron chi connectivity index (χ0n) is 10.1. The molecule has 1 atom stereocenters. The summed E-state index contributed by atoms with van der Waals surface area (Å²) >= 11 is 0. The summed E-state index contributed by atoms with van der Waals surface area (Å²) in [4.78, 5) is 0. The summed E-state index contributed by atoms with van der Waals surface area (Å²) in [7, 11) is 1.66. The summed E-state index contributed by atoms with van der Waals surface area (Å²) in [6.45, 7) is 2.52. The van der Waals surface area contributed by atoms with Gasteiger partial charge in [-0.1, -0.05) is 12.1 Å². The number of hydrogen-bond acceptors (Lipinski definition) is 3. The minimum absolute atomic E-state index is 0.130. The van der Waals surface area contributed by atoms with Crippen molar-refractivity contribution < 1.29 is 4.74 Å². The predicted octanol–water partition coefficient (Wildman–Crippen LogP) is 1.82. The second-order valence-corrected chi connectivity index (χ2v) is 4.04. The molecule has 0 saturated heterocycles. The predicted molar refractivity (Wildman–Crippen MR) is 67.2 cm³/mol. The zero-order valence-corrected chi connectivity index (χ0v) is 10.1. The van der Waals surface area contributed by atoms with Gasteiger partial charge in [0, 0.05) is 18.2 Å². The molecule has 0 radical (unpaired) electrons. The van der Waals surface area contributed by atoms with Crippen LogP contribution in [0.3, 0.4) is 0 Å². The van der Waals surface area contributed by atoms with Crippen LogP contribution in [0.25, 0.3) is 0 Å². The molecule has 0 fully saturated rings. The van der Waals surface area contributed by atoms with Crippen LogP contribution < -0.4 is 10.5 Å². The van der Waals surface area contributed by atoms with Gasteiger partial charge in [0.15, 0.2) is 0 Å². The van der Waals surface area contributed by atoms with Crippen LogP contribution in [0, 0.1) is 6.92 Å². The van der Waals surface area contributed by atoms with Crippen LogP contribution in [0.15, 0.2) is 30.3 Å². The number of nitrogens with one attached hydrogen (secondary N) is 1. The molecule has 0 spiro atoms. The molecule has 1 aromatic carbocycles. The minimum Gasteiger partial charge on any atom is -0.497 e. The number of nitrogens with two attached hydrogens (primary N) is 1. The van der Waals surface area contributed by atoms with Gasteiger partial charge in [0.1, 0.15) is 5.75 Å². The molecular weight excluding hydrogens is 214 g/mol. The van der Waals surface area contributed by atoms with E-state index in [0.717, 1.165) is 22.7 Å². The Bertz CT molecular complexity index is 476. The van der Waals surface area contributed by atoms with Crippen molar-refractivity contribution in [2.45, 2.75) is 12.8 Å². The number of ether oxygens (including phenoxy) is 1. The van der Waals surface area contributed by atoms with Gasteiger partial charge >= 0.3 is 0 Å². The standard InChI is InChI=1S/C13H17N3O/c1-9-7-13(16-15-9)12(8-14)10-3-5-11(17-2)6-4-10/h3-7,12H,8,14H2,1-2H3,(H,15,16). The SMILES string of the molecule is COc1ccc(C(CN)c2cc(C)[nH]n2)cc1. The molecule has 4 nitrogen and oxygen atoms in total. The highest BCUT2D eigenvalue weighted by atomic mass is 16.5. The van der Waals surface area contributed by atoms with E-state index in [-0.39, 0.29) is 5.92 Å². The van der Waals surface area contributed by atoms with Crippen molar-refractivity contribution in [3.05, 3.63) is 47.3 Å². The van der Waals surface area contributed by atoms with E-state index in [1.165, 1.54) is 0 Å². The maximum Gasteiger partial charge on any atom is 0.118 e. The normalized spacial score (nSPS) is 12.4. The highest BCUT2D eigenvalue weighted by Gasteiger charge is 2.15. The van der Waals surface area contributed by atoms with Gasteiger partial charge in [0.25, 0.3) is 0 Å². The van der Waals surface area contributed by atoms with E-state index in [2.05, 4.69) is 10.2 Å². The first-order valence-corrected chi connectivity index (χ1v) is 5.60. The molecular formula is C13H17N3O. The van der Waals surface area contributed by atoms with Crippen LogP contribution in [-0.4, -0.2) is 23.9 Å². The smallest absolute Gasteiger partial charge is 0.118 e. The average molecular weight is 231 g/mol. The Morgan fingerprint density at radius 2 is 2.06 bits per heavy atom. The lowest BCUT2D eigenvalue weighted by atomic mass is 9.96. The third kappa shape index (κ3) is 2.47. The summed E-state index contributed by atoms with van der Waals surface area (Å²) in [6.07, 6.45) is 0. The van der Waals surface area contributed by atoms with Gasteiger partial charge in [-0.2, -0.15) is 5.10 Å². The molecule has 0 saturated carbocycles. The number of aryl methyl sites for hydroxylation is 1. The van der Waals surface area contributed by atoms with Crippen molar-refractivity contribution in [2.24, 2.45) is 5.73 Å². The average Bonchev–Trinajstić information content (AvgIpc) is 2.78. The molecule has 0 aliphatic carbocycles. The Labute approximate surface area is 101 Å². The Balaban J connectivity index is 2.28. The molecule has 2 rings (SSSR count). The highest BCUT2D eigenvalue weighted by molar-refractivity contribution is 5.34. The number of hydrogen-bond donors (Lipinski definition) is 2. The Morgan fingerprint density at radius 1 is 1.35 bits per heavy atom. The molecule has 0 aliphatic heterocycles. The van der Waals surface area contributed by atoms with Crippen LogP contribution in [0.1, 0.15) is 22.9 Å². The van der Waals surface area contributed by atoms with E-state index in [1.54, 1.807) is 7.11 Å². The second kappa shape index (κ2) is 5.01. The highest BCUT2D eigenvalue weighted by Crippen LogP contribution is 2.24. The molecule has 1 heterocycles. The van der Waals surface area contributed by atoms with E-state index in [1.807, 2.05) is 37.3 Å². The quantitative estimate of drug-likeness (QED) is 0.843. The van der Waals surface area contributed by atoms with E-state index in [4.69, 9.17) is 10.5 Å². The lowest BCUT2D eigenvalue weighted by Gasteiger charge is -2.12. The van der Waals surface area contributed by atoms with Gasteiger partial charge in [0.2, 0.25) is 0 Å². The summed E-state index contributed by atoms with van der Waals surface area (Å²) < 4.78 is 5.14. The zero-order chi connectivity index (χ0) is 12.3. The summed E-state index contributed by atoms with van der Waals surface area (Å²) in [5.41, 5.74) is 9.01. The van der Waals surface area contributed by atoms with Crippen molar-refractivity contribution in [3.8, 4) is 5.75 Å². The van der Waals surface area contributed by atoms with E-state index >= 15 is 0 Å². The maximum absolute atomic E-state index is 5.83. The van der Waals surface area contributed by atoms with Gasteiger partial charge < -0.3 is 10.5 Å². The van der Waals surface area contributed by atoms with Crippen LogP contribution in [0.2, 0.25) is 0 Å². The first kappa shape index (κ1) is 11.7. The van der Waals surface area contributed by atoms with Crippen molar-refractivity contribution in [2.75, 3.05) is 13.7 Å². The number of benzene rings is 1. The molecule has 0 amide bonds. The Morgan fingerprint density at radius 3 is 2.53 bits per heavy atom.